The standard InChI is InChI=1S/C9H18N2O2S/c1-3-6-11(8-5-10)7-4-9-14(2,12)13/h3-4,6-9H2,1-2H3. The highest BCUT2D eigenvalue weighted by Crippen LogP contribution is 1.96. The highest BCUT2D eigenvalue weighted by molar-refractivity contribution is 7.90. The minimum atomic E-state index is -2.86. The van der Waals surface area contributed by atoms with Crippen molar-refractivity contribution in [2.24, 2.45) is 0 Å². The molecule has 0 fully saturated rings. The van der Waals surface area contributed by atoms with Gasteiger partial charge in [-0.25, -0.2) is 8.42 Å². The maximum atomic E-state index is 10.8. The fraction of sp³-hybridized carbons (Fsp3) is 0.889. The minimum absolute atomic E-state index is 0.207. The maximum absolute atomic E-state index is 10.8. The number of hydrogen-bond acceptors (Lipinski definition) is 4. The zero-order valence-corrected chi connectivity index (χ0v) is 9.68. The molecule has 0 aromatic heterocycles. The van der Waals surface area contributed by atoms with Gasteiger partial charge in [0.2, 0.25) is 0 Å². The molecule has 0 saturated heterocycles. The Morgan fingerprint density at radius 2 is 2.00 bits per heavy atom. The van der Waals surface area contributed by atoms with Crippen LogP contribution in [-0.2, 0) is 9.84 Å². The molecule has 0 atom stereocenters. The highest BCUT2D eigenvalue weighted by atomic mass is 32.2. The molecule has 0 N–H and O–H groups in total. The highest BCUT2D eigenvalue weighted by Gasteiger charge is 2.06. The van der Waals surface area contributed by atoms with Crippen LogP contribution in [0, 0.1) is 11.3 Å². The van der Waals surface area contributed by atoms with E-state index in [0.29, 0.717) is 19.5 Å². The van der Waals surface area contributed by atoms with Crippen LogP contribution >= 0.6 is 0 Å². The Labute approximate surface area is 86.4 Å². The monoisotopic (exact) mass is 218 g/mol. The van der Waals surface area contributed by atoms with E-state index in [1.807, 2.05) is 11.8 Å². The van der Waals surface area contributed by atoms with Crippen LogP contribution in [0.1, 0.15) is 19.8 Å². The molecule has 14 heavy (non-hydrogen) atoms. The second kappa shape index (κ2) is 6.80. The fourth-order valence-corrected chi connectivity index (χ4v) is 1.89. The third-order valence-corrected chi connectivity index (χ3v) is 2.85. The van der Waals surface area contributed by atoms with Crippen molar-refractivity contribution in [1.82, 2.24) is 4.90 Å². The topological polar surface area (TPSA) is 61.2 Å². The first-order valence-electron chi connectivity index (χ1n) is 4.76. The van der Waals surface area contributed by atoms with Crippen LogP contribution in [0.3, 0.4) is 0 Å². The number of rotatable bonds is 7. The quantitative estimate of drug-likeness (QED) is 0.589. The van der Waals surface area contributed by atoms with E-state index in [9.17, 15) is 8.42 Å². The van der Waals surface area contributed by atoms with Crippen molar-refractivity contribution in [3.05, 3.63) is 0 Å². The molecule has 0 amide bonds. The van der Waals surface area contributed by atoms with Gasteiger partial charge in [0.1, 0.15) is 9.84 Å². The van der Waals surface area contributed by atoms with E-state index >= 15 is 0 Å². The van der Waals surface area contributed by atoms with Crippen LogP contribution in [0.15, 0.2) is 0 Å². The summed E-state index contributed by atoms with van der Waals surface area (Å²) >= 11 is 0. The lowest BCUT2D eigenvalue weighted by Gasteiger charge is -2.17. The molecule has 5 heteroatoms. The smallest absolute Gasteiger partial charge is 0.147 e. The lowest BCUT2D eigenvalue weighted by Crippen LogP contribution is -2.27. The van der Waals surface area contributed by atoms with E-state index in [4.69, 9.17) is 5.26 Å². The molecule has 0 aromatic carbocycles. The van der Waals surface area contributed by atoms with Crippen molar-refractivity contribution in [2.45, 2.75) is 19.8 Å². The van der Waals surface area contributed by atoms with Crippen molar-refractivity contribution >= 4 is 9.84 Å². The molecule has 0 aliphatic carbocycles. The average molecular weight is 218 g/mol. The number of hydrogen-bond donors (Lipinski definition) is 0. The molecule has 0 radical (unpaired) electrons. The summed E-state index contributed by atoms with van der Waals surface area (Å²) in [6, 6.07) is 2.08. The Morgan fingerprint density at radius 3 is 2.43 bits per heavy atom. The number of nitrogens with zero attached hydrogens (tertiary/aromatic N) is 2. The molecule has 0 unspecified atom stereocenters. The zero-order valence-electron chi connectivity index (χ0n) is 8.86. The summed E-state index contributed by atoms with van der Waals surface area (Å²) in [5, 5.41) is 8.51. The van der Waals surface area contributed by atoms with Gasteiger partial charge in [-0.2, -0.15) is 5.26 Å². The second-order valence-electron chi connectivity index (χ2n) is 3.42. The van der Waals surface area contributed by atoms with E-state index in [-0.39, 0.29) is 5.75 Å². The molecule has 0 heterocycles. The van der Waals surface area contributed by atoms with E-state index in [0.717, 1.165) is 13.0 Å². The van der Waals surface area contributed by atoms with Crippen LogP contribution in [0.4, 0.5) is 0 Å². The molecule has 0 saturated carbocycles. The van der Waals surface area contributed by atoms with E-state index in [1.54, 1.807) is 0 Å². The fourth-order valence-electron chi connectivity index (χ4n) is 1.24. The Kier molecular flexibility index (Phi) is 6.50. The summed E-state index contributed by atoms with van der Waals surface area (Å²) in [5.41, 5.74) is 0. The maximum Gasteiger partial charge on any atom is 0.147 e. The molecule has 0 aliphatic rings. The number of nitriles is 1. The lowest BCUT2D eigenvalue weighted by atomic mass is 10.3. The van der Waals surface area contributed by atoms with Gasteiger partial charge in [0.25, 0.3) is 0 Å². The predicted molar refractivity (Wildman–Crippen MR) is 56.7 cm³/mol. The predicted octanol–water partition coefficient (Wildman–Crippen LogP) is 0.657. The largest absolute Gasteiger partial charge is 0.291 e. The van der Waals surface area contributed by atoms with Crippen molar-refractivity contribution < 1.29 is 8.42 Å². The van der Waals surface area contributed by atoms with Crippen LogP contribution in [0.2, 0.25) is 0 Å². The summed E-state index contributed by atoms with van der Waals surface area (Å²) < 4.78 is 21.7. The summed E-state index contributed by atoms with van der Waals surface area (Å²) in [7, 11) is -2.86. The van der Waals surface area contributed by atoms with Crippen molar-refractivity contribution in [3.8, 4) is 6.07 Å². The Balaban J connectivity index is 3.77. The molecule has 4 nitrogen and oxygen atoms in total. The van der Waals surface area contributed by atoms with Gasteiger partial charge in [-0.15, -0.1) is 0 Å². The SMILES string of the molecule is CCCN(CC#N)CCCS(C)(=O)=O. The first-order chi connectivity index (χ1) is 6.49. The molecular weight excluding hydrogens is 200 g/mol. The summed E-state index contributed by atoms with van der Waals surface area (Å²) in [5.74, 6) is 0.207. The van der Waals surface area contributed by atoms with Gasteiger partial charge in [0.15, 0.2) is 0 Å². The van der Waals surface area contributed by atoms with Crippen LogP contribution < -0.4 is 0 Å². The zero-order chi connectivity index (χ0) is 11.0. The van der Waals surface area contributed by atoms with Gasteiger partial charge in [0.05, 0.1) is 18.4 Å². The van der Waals surface area contributed by atoms with Gasteiger partial charge in [-0.1, -0.05) is 6.92 Å². The van der Waals surface area contributed by atoms with Crippen molar-refractivity contribution in [1.29, 1.82) is 5.26 Å². The van der Waals surface area contributed by atoms with E-state index < -0.39 is 9.84 Å². The molecule has 0 bridgehead atoms. The lowest BCUT2D eigenvalue weighted by molar-refractivity contribution is 0.307. The minimum Gasteiger partial charge on any atom is -0.291 e. The van der Waals surface area contributed by atoms with Gasteiger partial charge < -0.3 is 0 Å². The van der Waals surface area contributed by atoms with Gasteiger partial charge in [-0.05, 0) is 19.4 Å². The summed E-state index contributed by atoms with van der Waals surface area (Å²) in [6.07, 6.45) is 2.84. The molecular formula is C9H18N2O2S. The summed E-state index contributed by atoms with van der Waals surface area (Å²) in [4.78, 5) is 1.98. The Bertz CT molecular complexity index is 280. The molecule has 82 valence electrons. The van der Waals surface area contributed by atoms with Crippen molar-refractivity contribution in [2.75, 3.05) is 31.6 Å². The van der Waals surface area contributed by atoms with Gasteiger partial charge in [-0.3, -0.25) is 4.90 Å². The first-order valence-corrected chi connectivity index (χ1v) is 6.82. The van der Waals surface area contributed by atoms with Gasteiger partial charge in [0, 0.05) is 12.8 Å². The number of sulfone groups is 1. The van der Waals surface area contributed by atoms with Crippen molar-refractivity contribution in [3.63, 3.8) is 0 Å². The van der Waals surface area contributed by atoms with E-state index in [1.165, 1.54) is 6.26 Å². The van der Waals surface area contributed by atoms with E-state index in [2.05, 4.69) is 6.07 Å². The normalized spacial score (nSPS) is 11.6. The molecule has 0 aliphatic heterocycles. The van der Waals surface area contributed by atoms with Crippen LogP contribution in [0.5, 0.6) is 0 Å². The first kappa shape index (κ1) is 13.4. The van der Waals surface area contributed by atoms with Crippen LogP contribution in [-0.4, -0.2) is 45.0 Å². The third kappa shape index (κ3) is 8.02. The molecule has 0 rings (SSSR count). The molecule has 0 spiro atoms. The average Bonchev–Trinajstić information content (AvgIpc) is 2.02. The second-order valence-corrected chi connectivity index (χ2v) is 5.68. The van der Waals surface area contributed by atoms with Crippen LogP contribution in [0.25, 0.3) is 0 Å². The Hall–Kier alpha value is -0.600. The molecule has 0 aromatic rings. The summed E-state index contributed by atoms with van der Waals surface area (Å²) in [6.45, 7) is 3.98. The Morgan fingerprint density at radius 1 is 1.36 bits per heavy atom. The third-order valence-electron chi connectivity index (χ3n) is 1.82. The van der Waals surface area contributed by atoms with Gasteiger partial charge >= 0.3 is 0 Å².